The van der Waals surface area contributed by atoms with Crippen LogP contribution in [0.5, 0.6) is 0 Å². The van der Waals surface area contributed by atoms with Crippen LogP contribution in [0.2, 0.25) is 0 Å². The van der Waals surface area contributed by atoms with Crippen LogP contribution in [0.1, 0.15) is 52.3 Å². The molecule has 0 radical (unpaired) electrons. The summed E-state index contributed by atoms with van der Waals surface area (Å²) in [6.45, 7) is 11.5. The van der Waals surface area contributed by atoms with Crippen LogP contribution >= 0.6 is 24.0 Å². The number of aliphatic imine (C=N–C) groups is 1. The topological polar surface area (TPSA) is 78.6 Å². The van der Waals surface area contributed by atoms with Gasteiger partial charge in [-0.15, -0.1) is 24.0 Å². The van der Waals surface area contributed by atoms with Crippen molar-refractivity contribution in [1.29, 1.82) is 0 Å². The molecule has 1 aromatic carbocycles. The van der Waals surface area contributed by atoms with E-state index in [0.29, 0.717) is 24.3 Å². The van der Waals surface area contributed by atoms with Gasteiger partial charge in [-0.3, -0.25) is 0 Å². The number of anilines is 1. The van der Waals surface area contributed by atoms with Crippen molar-refractivity contribution in [2.24, 2.45) is 4.99 Å². The summed E-state index contributed by atoms with van der Waals surface area (Å²) in [6, 6.07) is 11.0. The zero-order valence-electron chi connectivity index (χ0n) is 17.8. The van der Waals surface area contributed by atoms with Crippen molar-refractivity contribution in [3.05, 3.63) is 42.0 Å². The lowest BCUT2D eigenvalue weighted by Gasteiger charge is -2.34. The molecule has 2 N–H and O–H groups in total. The monoisotopic (exact) mass is 512 g/mol. The maximum absolute atomic E-state index is 5.35. The highest BCUT2D eigenvalue weighted by atomic mass is 127. The van der Waals surface area contributed by atoms with Crippen LogP contribution in [-0.4, -0.2) is 41.8 Å². The number of benzene rings is 1. The van der Waals surface area contributed by atoms with Crippen LogP contribution in [0.3, 0.4) is 0 Å². The van der Waals surface area contributed by atoms with E-state index in [9.17, 15) is 0 Å². The molecule has 2 heterocycles. The van der Waals surface area contributed by atoms with Gasteiger partial charge in [0.2, 0.25) is 5.89 Å². The van der Waals surface area contributed by atoms with Gasteiger partial charge in [0, 0.05) is 36.8 Å². The molecular formula is C21H33IN6O. The van der Waals surface area contributed by atoms with E-state index in [2.05, 4.69) is 88.7 Å². The minimum absolute atomic E-state index is 0. The minimum Gasteiger partial charge on any atom is -0.371 e. The number of nitrogens with one attached hydrogen (secondary N) is 2. The Kier molecular flexibility index (Phi) is 8.73. The van der Waals surface area contributed by atoms with Gasteiger partial charge < -0.3 is 20.1 Å². The lowest BCUT2D eigenvalue weighted by atomic mass is 9.97. The molecule has 0 atom stereocenters. The summed E-state index contributed by atoms with van der Waals surface area (Å²) in [6.07, 6.45) is 2.16. The van der Waals surface area contributed by atoms with Crippen LogP contribution in [0.25, 0.3) is 0 Å². The average Bonchev–Trinajstić information content (AvgIpc) is 3.17. The highest BCUT2D eigenvalue weighted by Gasteiger charge is 2.22. The third-order valence-electron chi connectivity index (χ3n) is 4.79. The number of piperidine rings is 1. The summed E-state index contributed by atoms with van der Waals surface area (Å²) in [5.41, 5.74) is 1.15. The molecule has 0 bridgehead atoms. The third-order valence-corrected chi connectivity index (χ3v) is 4.79. The maximum atomic E-state index is 5.35. The lowest BCUT2D eigenvalue weighted by Crippen LogP contribution is -2.48. The molecule has 0 spiro atoms. The van der Waals surface area contributed by atoms with Gasteiger partial charge in [0.05, 0.1) is 0 Å². The second kappa shape index (κ2) is 10.8. The Morgan fingerprint density at radius 2 is 1.90 bits per heavy atom. The first kappa shape index (κ1) is 23.4. The molecule has 1 aliphatic heterocycles. The Morgan fingerprint density at radius 1 is 1.21 bits per heavy atom. The predicted octanol–water partition coefficient (Wildman–Crippen LogP) is 3.71. The average molecular weight is 512 g/mol. The first-order chi connectivity index (χ1) is 13.5. The fourth-order valence-corrected chi connectivity index (χ4v) is 3.21. The second-order valence-electron chi connectivity index (χ2n) is 8.20. The van der Waals surface area contributed by atoms with Crippen LogP contribution in [0.4, 0.5) is 5.69 Å². The number of para-hydroxylation sites is 1. The van der Waals surface area contributed by atoms with E-state index < -0.39 is 0 Å². The first-order valence-electron chi connectivity index (χ1n) is 10.1. The molecular weight excluding hydrogens is 479 g/mol. The molecule has 7 nitrogen and oxygen atoms in total. The van der Waals surface area contributed by atoms with E-state index in [1.165, 1.54) is 5.69 Å². The van der Waals surface area contributed by atoms with E-state index in [1.54, 1.807) is 0 Å². The molecule has 160 valence electrons. The number of nitrogens with zero attached hydrogens (tertiary/aromatic N) is 4. The van der Waals surface area contributed by atoms with Crippen molar-refractivity contribution in [2.45, 2.75) is 58.5 Å². The van der Waals surface area contributed by atoms with Crippen molar-refractivity contribution in [1.82, 2.24) is 20.8 Å². The Hall–Kier alpha value is -1.84. The summed E-state index contributed by atoms with van der Waals surface area (Å²) >= 11 is 0. The van der Waals surface area contributed by atoms with E-state index >= 15 is 0 Å². The van der Waals surface area contributed by atoms with Gasteiger partial charge in [-0.2, -0.15) is 4.98 Å². The molecule has 1 aliphatic rings. The third kappa shape index (κ3) is 6.87. The SMILES string of the molecule is CCNC(=NCc1noc(C(C)(C)C)n1)NC1CCN(c2ccccc2)CC1.I. The lowest BCUT2D eigenvalue weighted by molar-refractivity contribution is 0.318. The number of hydrogen-bond donors (Lipinski definition) is 2. The fraction of sp³-hybridized carbons (Fsp3) is 0.571. The molecule has 3 rings (SSSR count). The van der Waals surface area contributed by atoms with E-state index in [0.717, 1.165) is 38.4 Å². The number of hydrogen-bond acceptors (Lipinski definition) is 5. The van der Waals surface area contributed by atoms with Crippen LogP contribution in [0.15, 0.2) is 39.8 Å². The smallest absolute Gasteiger partial charge is 0.232 e. The Morgan fingerprint density at radius 3 is 2.48 bits per heavy atom. The minimum atomic E-state index is -0.148. The molecule has 0 unspecified atom stereocenters. The van der Waals surface area contributed by atoms with Gasteiger partial charge in [0.1, 0.15) is 6.54 Å². The first-order valence-corrected chi connectivity index (χ1v) is 10.1. The number of halogens is 1. The number of rotatable bonds is 5. The van der Waals surface area contributed by atoms with Crippen molar-refractivity contribution in [3.63, 3.8) is 0 Å². The van der Waals surface area contributed by atoms with Crippen molar-refractivity contribution in [2.75, 3.05) is 24.5 Å². The zero-order chi connectivity index (χ0) is 20.0. The Balaban J connectivity index is 0.00000300. The molecule has 8 heteroatoms. The number of aromatic nitrogens is 2. The molecule has 0 saturated carbocycles. The van der Waals surface area contributed by atoms with Gasteiger partial charge in [-0.1, -0.05) is 44.1 Å². The summed E-state index contributed by atoms with van der Waals surface area (Å²) in [5, 5.41) is 10.9. The molecule has 1 aromatic heterocycles. The van der Waals surface area contributed by atoms with Gasteiger partial charge in [0.25, 0.3) is 0 Å². The van der Waals surface area contributed by atoms with Gasteiger partial charge in [-0.05, 0) is 31.9 Å². The predicted molar refractivity (Wildman–Crippen MR) is 128 cm³/mol. The summed E-state index contributed by atoms with van der Waals surface area (Å²) in [7, 11) is 0. The highest BCUT2D eigenvalue weighted by molar-refractivity contribution is 14.0. The van der Waals surface area contributed by atoms with Crippen LogP contribution in [0, 0.1) is 0 Å². The second-order valence-corrected chi connectivity index (χ2v) is 8.20. The van der Waals surface area contributed by atoms with Crippen molar-refractivity contribution >= 4 is 35.6 Å². The molecule has 29 heavy (non-hydrogen) atoms. The summed E-state index contributed by atoms with van der Waals surface area (Å²) in [4.78, 5) is 11.5. The summed E-state index contributed by atoms with van der Waals surface area (Å²) < 4.78 is 5.35. The van der Waals surface area contributed by atoms with E-state index in [-0.39, 0.29) is 29.4 Å². The van der Waals surface area contributed by atoms with Crippen molar-refractivity contribution in [3.8, 4) is 0 Å². The van der Waals surface area contributed by atoms with E-state index in [4.69, 9.17) is 4.52 Å². The van der Waals surface area contributed by atoms with Crippen molar-refractivity contribution < 1.29 is 4.52 Å². The van der Waals surface area contributed by atoms with Gasteiger partial charge in [-0.25, -0.2) is 4.99 Å². The standard InChI is InChI=1S/C21H32N6O.HI/c1-5-22-20(23-15-18-25-19(28-26-18)21(2,3)4)24-16-11-13-27(14-12-16)17-9-7-6-8-10-17;/h6-10,16H,5,11-15H2,1-4H3,(H2,22,23,24);1H. The fourth-order valence-electron chi connectivity index (χ4n) is 3.21. The van der Waals surface area contributed by atoms with Crippen LogP contribution in [-0.2, 0) is 12.0 Å². The normalized spacial score (nSPS) is 15.7. The summed E-state index contributed by atoms with van der Waals surface area (Å²) in [5.74, 6) is 2.06. The zero-order valence-corrected chi connectivity index (χ0v) is 20.1. The van der Waals surface area contributed by atoms with Gasteiger partial charge in [0.15, 0.2) is 11.8 Å². The van der Waals surface area contributed by atoms with E-state index in [1.807, 2.05) is 0 Å². The molecule has 0 amide bonds. The largest absolute Gasteiger partial charge is 0.371 e. The number of guanidine groups is 1. The molecule has 0 aliphatic carbocycles. The van der Waals surface area contributed by atoms with Crippen LogP contribution < -0.4 is 15.5 Å². The molecule has 2 aromatic rings. The Labute approximate surface area is 190 Å². The molecule has 1 fully saturated rings. The Bertz CT molecular complexity index is 763. The van der Waals surface area contributed by atoms with Gasteiger partial charge >= 0.3 is 0 Å². The quantitative estimate of drug-likeness (QED) is 0.362. The molecule has 1 saturated heterocycles. The maximum Gasteiger partial charge on any atom is 0.232 e. The highest BCUT2D eigenvalue weighted by Crippen LogP contribution is 2.20.